The molecular weight excluding hydrogens is 556 g/mol. The van der Waals surface area contributed by atoms with Crippen LogP contribution in [0.3, 0.4) is 0 Å². The fourth-order valence-electron chi connectivity index (χ4n) is 3.37. The number of nitrogens with zero attached hydrogens (tertiary/aromatic N) is 3. The van der Waals surface area contributed by atoms with Crippen molar-refractivity contribution in [1.29, 1.82) is 0 Å². The van der Waals surface area contributed by atoms with Crippen LogP contribution in [0.1, 0.15) is 33.4 Å². The zero-order valence-corrected chi connectivity index (χ0v) is 23.1. The first-order valence-electron chi connectivity index (χ1n) is 11.5. The van der Waals surface area contributed by atoms with Gasteiger partial charge in [0.15, 0.2) is 10.8 Å². The van der Waals surface area contributed by atoms with Crippen molar-refractivity contribution in [3.05, 3.63) is 22.3 Å². The predicted molar refractivity (Wildman–Crippen MR) is 138 cm³/mol. The summed E-state index contributed by atoms with van der Waals surface area (Å²) in [6.45, 7) is 5.89. The van der Waals surface area contributed by atoms with Crippen LogP contribution in [0, 0.1) is 5.41 Å². The number of nitrogens with two attached hydrogens (primary N) is 1. The molecule has 1 aromatic heterocycles. The number of carbonyl (C=O) groups is 5. The van der Waals surface area contributed by atoms with Gasteiger partial charge in [-0.1, -0.05) is 5.16 Å². The fraction of sp³-hybridized carbons (Fsp3) is 0.500. The molecule has 0 spiro atoms. The summed E-state index contributed by atoms with van der Waals surface area (Å²) in [6.07, 6.45) is -0.720. The van der Waals surface area contributed by atoms with Gasteiger partial charge in [0.05, 0.1) is 5.41 Å². The lowest BCUT2D eigenvalue weighted by molar-refractivity contribution is -0.173. The summed E-state index contributed by atoms with van der Waals surface area (Å²) < 4.78 is 15.2. The number of anilines is 1. The second-order valence-electron chi connectivity index (χ2n) is 9.17. The third-order valence-electron chi connectivity index (χ3n) is 5.30. The van der Waals surface area contributed by atoms with Gasteiger partial charge < -0.3 is 35.8 Å². The number of nitrogen functional groups attached to an aromatic ring is 1. The minimum atomic E-state index is -1.08. The third-order valence-corrected chi connectivity index (χ3v) is 7.31. The van der Waals surface area contributed by atoms with Crippen molar-refractivity contribution >= 4 is 63.8 Å². The molecule has 2 aliphatic heterocycles. The lowest BCUT2D eigenvalue weighted by atomic mass is 9.98. The predicted octanol–water partition coefficient (Wildman–Crippen LogP) is 0.394. The van der Waals surface area contributed by atoms with Crippen molar-refractivity contribution in [2.24, 2.45) is 10.6 Å². The number of carbonyl (C=O) groups excluding carboxylic acids is 5. The van der Waals surface area contributed by atoms with Crippen LogP contribution in [0.2, 0.25) is 0 Å². The van der Waals surface area contributed by atoms with Gasteiger partial charge in [-0.3, -0.25) is 19.3 Å². The molecule has 0 saturated carbocycles. The Labute approximate surface area is 231 Å². The molecule has 17 heteroatoms. The van der Waals surface area contributed by atoms with Crippen molar-refractivity contribution in [2.45, 2.75) is 39.1 Å². The highest BCUT2D eigenvalue weighted by Gasteiger charge is 2.55. The monoisotopic (exact) mass is 584 g/mol. The van der Waals surface area contributed by atoms with E-state index in [0.29, 0.717) is 6.54 Å². The van der Waals surface area contributed by atoms with E-state index in [1.165, 1.54) is 17.1 Å². The maximum Gasteiger partial charge on any atom is 0.407 e. The number of amides is 3. The van der Waals surface area contributed by atoms with E-state index in [4.69, 9.17) is 19.9 Å². The van der Waals surface area contributed by atoms with Crippen molar-refractivity contribution in [3.8, 4) is 0 Å². The molecule has 0 bridgehead atoms. The number of hydrogen-bond acceptors (Lipinski definition) is 14. The molecule has 0 radical (unpaired) electrons. The minimum Gasteiger partial charge on any atom is -0.445 e. The Hall–Kier alpha value is -3.86. The average molecular weight is 585 g/mol. The van der Waals surface area contributed by atoms with Crippen LogP contribution < -0.4 is 16.4 Å². The summed E-state index contributed by atoms with van der Waals surface area (Å²) in [6, 6.07) is -1.08. The van der Waals surface area contributed by atoms with Gasteiger partial charge in [-0.2, -0.15) is 0 Å². The number of ether oxygens (including phenoxy) is 3. The maximum atomic E-state index is 13.1. The molecular formula is C22H28N6O9S2. The Morgan fingerprint density at radius 3 is 2.56 bits per heavy atom. The summed E-state index contributed by atoms with van der Waals surface area (Å²) in [7, 11) is 0. The molecule has 3 heterocycles. The number of aromatic nitrogens is 1. The van der Waals surface area contributed by atoms with Gasteiger partial charge in [-0.05, 0) is 27.7 Å². The molecule has 2 atom stereocenters. The molecule has 1 saturated heterocycles. The molecule has 2 aliphatic rings. The van der Waals surface area contributed by atoms with Gasteiger partial charge in [0, 0.05) is 23.3 Å². The molecule has 0 unspecified atom stereocenters. The van der Waals surface area contributed by atoms with Crippen LogP contribution in [0.5, 0.6) is 0 Å². The summed E-state index contributed by atoms with van der Waals surface area (Å²) >= 11 is 2.24. The van der Waals surface area contributed by atoms with Gasteiger partial charge in [0.1, 0.15) is 29.4 Å². The van der Waals surface area contributed by atoms with Crippen molar-refractivity contribution in [2.75, 3.05) is 31.4 Å². The van der Waals surface area contributed by atoms with E-state index in [9.17, 15) is 29.2 Å². The van der Waals surface area contributed by atoms with E-state index in [-0.39, 0.29) is 34.5 Å². The number of thioether (sulfide) groups is 1. The van der Waals surface area contributed by atoms with Gasteiger partial charge in [-0.25, -0.2) is 14.6 Å². The van der Waals surface area contributed by atoms with Crippen LogP contribution in [-0.2, 0) is 33.4 Å². The van der Waals surface area contributed by atoms with Crippen LogP contribution in [0.4, 0.5) is 9.93 Å². The van der Waals surface area contributed by atoms with Gasteiger partial charge in [-0.15, -0.1) is 23.1 Å². The van der Waals surface area contributed by atoms with Gasteiger partial charge in [0.25, 0.3) is 11.8 Å². The highest BCUT2D eigenvalue weighted by Crippen LogP contribution is 2.40. The average Bonchev–Trinajstić information content (AvgIpc) is 3.30. The van der Waals surface area contributed by atoms with Crippen LogP contribution in [0.15, 0.2) is 21.8 Å². The Morgan fingerprint density at radius 1 is 1.26 bits per heavy atom. The molecule has 5 N–H and O–H groups in total. The van der Waals surface area contributed by atoms with E-state index in [2.05, 4.69) is 20.8 Å². The second kappa shape index (κ2) is 12.3. The molecule has 1 fully saturated rings. The zero-order valence-electron chi connectivity index (χ0n) is 21.5. The Bertz CT molecular complexity index is 1220. The number of hydrogen-bond donors (Lipinski definition) is 4. The summed E-state index contributed by atoms with van der Waals surface area (Å²) in [5.41, 5.74) is 4.42. The number of thiazole rings is 1. The van der Waals surface area contributed by atoms with Crippen molar-refractivity contribution in [1.82, 2.24) is 20.5 Å². The number of alkyl carbamates (subject to hydrolysis) is 1. The Kier molecular flexibility index (Phi) is 9.39. The molecule has 1 aromatic rings. The molecule has 0 aliphatic carbocycles. The van der Waals surface area contributed by atoms with Gasteiger partial charge >= 0.3 is 18.0 Å². The number of β-lactam (4-membered cyclic amide) rings is 1. The van der Waals surface area contributed by atoms with E-state index in [1.807, 2.05) is 0 Å². The van der Waals surface area contributed by atoms with Crippen molar-refractivity contribution < 1.29 is 43.4 Å². The van der Waals surface area contributed by atoms with E-state index < -0.39 is 59.2 Å². The highest BCUT2D eigenvalue weighted by molar-refractivity contribution is 8.00. The first kappa shape index (κ1) is 29.7. The molecule has 39 heavy (non-hydrogen) atoms. The van der Waals surface area contributed by atoms with E-state index in [0.717, 1.165) is 16.2 Å². The lowest BCUT2D eigenvalue weighted by Crippen LogP contribution is -2.71. The number of oxime groups is 1. The summed E-state index contributed by atoms with van der Waals surface area (Å²) in [4.78, 5) is 67.7. The van der Waals surface area contributed by atoms with Crippen molar-refractivity contribution in [3.63, 3.8) is 0 Å². The van der Waals surface area contributed by atoms with Crippen LogP contribution >= 0.6 is 23.1 Å². The number of esters is 2. The molecule has 0 aromatic carbocycles. The fourth-order valence-corrected chi connectivity index (χ4v) is 5.25. The second-order valence-corrected chi connectivity index (χ2v) is 11.2. The highest BCUT2D eigenvalue weighted by atomic mass is 32.2. The summed E-state index contributed by atoms with van der Waals surface area (Å²) in [5, 5.41) is 18.1. The largest absolute Gasteiger partial charge is 0.445 e. The molecule has 3 amide bonds. The zero-order chi connectivity index (χ0) is 28.9. The standard InChI is InChI=1S/C22H28N6O9S2/c1-5-24-21(33)35-6-10-7-38-17-13(26-15(29)12(27-34)11-8-39-20(23)25-11)16(30)28(17)14(10)18(31)36-9-37-19(32)22(2,3)4/h8,13,17,34H,5-7,9H2,1-4H3,(H2,23,25)(H,24,33)(H,26,29)/b27-12-/t13-,17-/m1/s1. The lowest BCUT2D eigenvalue weighted by Gasteiger charge is -2.49. The minimum absolute atomic E-state index is 0.0242. The smallest absolute Gasteiger partial charge is 0.407 e. The maximum absolute atomic E-state index is 13.1. The summed E-state index contributed by atoms with van der Waals surface area (Å²) in [5.74, 6) is -2.98. The Balaban J connectivity index is 1.76. The number of rotatable bonds is 9. The topological polar surface area (TPSA) is 212 Å². The molecule has 212 valence electrons. The number of fused-ring (bicyclic) bond motifs is 1. The van der Waals surface area contributed by atoms with Crippen LogP contribution in [-0.4, -0.2) is 87.8 Å². The van der Waals surface area contributed by atoms with E-state index >= 15 is 0 Å². The normalized spacial score (nSPS) is 19.0. The SMILES string of the molecule is CCNC(=O)OCC1=C(C(=O)OCOC(=O)C(C)(C)C)N2C(=O)[C@@H](NC(=O)/C(=N\O)c3csc(N)n3)[C@H]2SC1. The quantitative estimate of drug-likeness (QED) is 0.0775. The first-order chi connectivity index (χ1) is 18.4. The Morgan fingerprint density at radius 2 is 1.97 bits per heavy atom. The van der Waals surface area contributed by atoms with E-state index in [1.54, 1.807) is 27.7 Å². The third kappa shape index (κ3) is 6.78. The number of nitrogens with one attached hydrogen (secondary N) is 2. The first-order valence-corrected chi connectivity index (χ1v) is 13.5. The van der Waals surface area contributed by atoms with Gasteiger partial charge in [0.2, 0.25) is 6.79 Å². The molecule has 3 rings (SSSR count). The molecule has 15 nitrogen and oxygen atoms in total. The van der Waals surface area contributed by atoms with Crippen LogP contribution in [0.25, 0.3) is 0 Å².